The second-order valence-corrected chi connectivity index (χ2v) is 6.85. The van der Waals surface area contributed by atoms with E-state index in [4.69, 9.17) is 5.73 Å². The van der Waals surface area contributed by atoms with Gasteiger partial charge in [-0.1, -0.05) is 6.92 Å². The summed E-state index contributed by atoms with van der Waals surface area (Å²) in [6.07, 6.45) is 1.91. The summed E-state index contributed by atoms with van der Waals surface area (Å²) in [4.78, 5) is 11.6. The number of hydrogen-bond acceptors (Lipinski definition) is 4. The van der Waals surface area contributed by atoms with Crippen LogP contribution in [0, 0.1) is 0 Å². The molecule has 18 heavy (non-hydrogen) atoms. The fraction of sp³-hybridized carbons (Fsp3) is 0.909. The maximum absolute atomic E-state index is 11.7. The van der Waals surface area contributed by atoms with Gasteiger partial charge in [0.05, 0.1) is 11.8 Å². The summed E-state index contributed by atoms with van der Waals surface area (Å²) in [6.45, 7) is 4.45. The molecule has 3 N–H and O–H groups in total. The van der Waals surface area contributed by atoms with Crippen molar-refractivity contribution in [3.8, 4) is 0 Å². The third-order valence-electron chi connectivity index (χ3n) is 3.34. The lowest BCUT2D eigenvalue weighted by molar-refractivity contribution is -0.123. The smallest absolute Gasteiger partial charge is 0.237 e. The minimum atomic E-state index is -3.10. The van der Waals surface area contributed by atoms with Crippen molar-refractivity contribution in [2.75, 3.05) is 18.8 Å². The molecule has 0 aromatic heterocycles. The first-order valence-electron chi connectivity index (χ1n) is 6.44. The lowest BCUT2D eigenvalue weighted by atomic mass is 10.1. The van der Waals surface area contributed by atoms with E-state index in [1.807, 2.05) is 6.92 Å². The molecule has 0 bridgehead atoms. The Balaban J connectivity index is 2.43. The first-order valence-corrected chi connectivity index (χ1v) is 8.05. The molecular weight excluding hydrogens is 254 g/mol. The number of nitrogens with two attached hydrogens (primary N) is 1. The molecule has 0 saturated carbocycles. The number of piperidine rings is 1. The molecule has 0 spiro atoms. The Bertz CT molecular complexity index is 375. The van der Waals surface area contributed by atoms with Crippen molar-refractivity contribution < 1.29 is 13.2 Å². The molecule has 6 nitrogen and oxygen atoms in total. The van der Waals surface area contributed by atoms with E-state index >= 15 is 0 Å². The molecule has 0 aromatic rings. The Morgan fingerprint density at radius 1 is 1.39 bits per heavy atom. The van der Waals surface area contributed by atoms with Gasteiger partial charge in [0.25, 0.3) is 0 Å². The molecule has 7 heteroatoms. The molecule has 0 aromatic carbocycles. The van der Waals surface area contributed by atoms with Crippen molar-refractivity contribution in [2.24, 2.45) is 5.73 Å². The zero-order valence-electron chi connectivity index (χ0n) is 11.1. The number of nitrogens with zero attached hydrogens (tertiary/aromatic N) is 1. The number of sulfonamides is 1. The van der Waals surface area contributed by atoms with Gasteiger partial charge in [0, 0.05) is 19.1 Å². The van der Waals surface area contributed by atoms with Gasteiger partial charge >= 0.3 is 0 Å². The highest BCUT2D eigenvalue weighted by Crippen LogP contribution is 2.14. The fourth-order valence-electron chi connectivity index (χ4n) is 1.95. The Kier molecular flexibility index (Phi) is 5.55. The molecule has 1 aliphatic heterocycles. The first kappa shape index (κ1) is 15.4. The average Bonchev–Trinajstić information content (AvgIpc) is 2.38. The predicted molar refractivity (Wildman–Crippen MR) is 70.5 cm³/mol. The van der Waals surface area contributed by atoms with E-state index in [1.54, 1.807) is 6.92 Å². The van der Waals surface area contributed by atoms with Gasteiger partial charge < -0.3 is 11.1 Å². The molecule has 1 amide bonds. The molecule has 1 saturated heterocycles. The summed E-state index contributed by atoms with van der Waals surface area (Å²) in [5.41, 5.74) is 5.63. The second kappa shape index (κ2) is 6.49. The molecule has 106 valence electrons. The fourth-order valence-corrected chi connectivity index (χ4v) is 3.09. The van der Waals surface area contributed by atoms with E-state index < -0.39 is 16.1 Å². The first-order chi connectivity index (χ1) is 8.40. The Labute approximate surface area is 109 Å². The van der Waals surface area contributed by atoms with E-state index in [0.29, 0.717) is 32.4 Å². The normalized spacial score (nSPS) is 20.6. The zero-order valence-corrected chi connectivity index (χ0v) is 11.9. The highest BCUT2D eigenvalue weighted by molar-refractivity contribution is 7.89. The van der Waals surface area contributed by atoms with E-state index in [2.05, 4.69) is 5.32 Å². The minimum Gasteiger partial charge on any atom is -0.352 e. The van der Waals surface area contributed by atoms with E-state index in [0.717, 1.165) is 0 Å². The van der Waals surface area contributed by atoms with Crippen LogP contribution in [0.15, 0.2) is 0 Å². The maximum atomic E-state index is 11.7. The minimum absolute atomic E-state index is 0.0402. The van der Waals surface area contributed by atoms with E-state index in [9.17, 15) is 13.2 Å². The summed E-state index contributed by atoms with van der Waals surface area (Å²) in [6, 6.07) is -0.430. The van der Waals surface area contributed by atoms with Crippen molar-refractivity contribution >= 4 is 15.9 Å². The van der Waals surface area contributed by atoms with Crippen molar-refractivity contribution in [1.82, 2.24) is 9.62 Å². The predicted octanol–water partition coefficient (Wildman–Crippen LogP) is -0.346. The van der Waals surface area contributed by atoms with Crippen LogP contribution in [0.3, 0.4) is 0 Å². The van der Waals surface area contributed by atoms with Crippen molar-refractivity contribution in [3.05, 3.63) is 0 Å². The molecule has 1 heterocycles. The van der Waals surface area contributed by atoms with Crippen LogP contribution in [-0.4, -0.2) is 49.6 Å². The Morgan fingerprint density at radius 3 is 2.39 bits per heavy atom. The van der Waals surface area contributed by atoms with Gasteiger partial charge in [-0.3, -0.25) is 4.79 Å². The van der Waals surface area contributed by atoms with Gasteiger partial charge in [-0.25, -0.2) is 12.7 Å². The van der Waals surface area contributed by atoms with Gasteiger partial charge in [0.15, 0.2) is 0 Å². The Morgan fingerprint density at radius 2 is 1.94 bits per heavy atom. The average molecular weight is 277 g/mol. The molecule has 0 aliphatic carbocycles. The topological polar surface area (TPSA) is 92.5 Å². The molecule has 1 rings (SSSR count). The van der Waals surface area contributed by atoms with Crippen LogP contribution < -0.4 is 11.1 Å². The van der Waals surface area contributed by atoms with Crippen LogP contribution in [-0.2, 0) is 14.8 Å². The number of carbonyl (C=O) groups is 1. The number of rotatable bonds is 5. The van der Waals surface area contributed by atoms with Crippen LogP contribution in [0.1, 0.15) is 33.1 Å². The van der Waals surface area contributed by atoms with E-state index in [1.165, 1.54) is 4.31 Å². The van der Waals surface area contributed by atoms with Crippen molar-refractivity contribution in [1.29, 1.82) is 0 Å². The largest absolute Gasteiger partial charge is 0.352 e. The highest BCUT2D eigenvalue weighted by Gasteiger charge is 2.27. The highest BCUT2D eigenvalue weighted by atomic mass is 32.2. The van der Waals surface area contributed by atoms with Crippen molar-refractivity contribution in [3.63, 3.8) is 0 Å². The summed E-state index contributed by atoms with van der Waals surface area (Å²) in [5, 5.41) is 2.87. The summed E-state index contributed by atoms with van der Waals surface area (Å²) >= 11 is 0. The van der Waals surface area contributed by atoms with E-state index in [-0.39, 0.29) is 17.7 Å². The van der Waals surface area contributed by atoms with Gasteiger partial charge in [-0.2, -0.15) is 0 Å². The van der Waals surface area contributed by atoms with Crippen LogP contribution in [0.5, 0.6) is 0 Å². The summed E-state index contributed by atoms with van der Waals surface area (Å²) in [7, 11) is -3.10. The van der Waals surface area contributed by atoms with Crippen LogP contribution in [0.25, 0.3) is 0 Å². The second-order valence-electron chi connectivity index (χ2n) is 4.60. The monoisotopic (exact) mass is 277 g/mol. The SMILES string of the molecule is CC[C@H](N)C(=O)NC1CCN(S(=O)(=O)CC)CC1. The van der Waals surface area contributed by atoms with Crippen LogP contribution >= 0.6 is 0 Å². The lowest BCUT2D eigenvalue weighted by Crippen LogP contribution is -2.50. The standard InChI is InChI=1S/C11H23N3O3S/c1-3-10(12)11(15)13-9-5-7-14(8-6-9)18(16,17)4-2/h9-10H,3-8,12H2,1-2H3,(H,13,15)/t10-/m0/s1. The molecular formula is C11H23N3O3S. The van der Waals surface area contributed by atoms with Crippen molar-refractivity contribution in [2.45, 2.75) is 45.2 Å². The third kappa shape index (κ3) is 3.93. The van der Waals surface area contributed by atoms with Gasteiger partial charge in [-0.05, 0) is 26.2 Å². The Hall–Kier alpha value is -0.660. The van der Waals surface area contributed by atoms with Crippen LogP contribution in [0.4, 0.5) is 0 Å². The third-order valence-corrected chi connectivity index (χ3v) is 5.22. The number of carbonyl (C=O) groups excluding carboxylic acids is 1. The maximum Gasteiger partial charge on any atom is 0.237 e. The van der Waals surface area contributed by atoms with Crippen LogP contribution in [0.2, 0.25) is 0 Å². The number of nitrogens with one attached hydrogen (secondary N) is 1. The van der Waals surface area contributed by atoms with Gasteiger partial charge in [0.1, 0.15) is 0 Å². The molecule has 0 unspecified atom stereocenters. The molecule has 1 atom stereocenters. The van der Waals surface area contributed by atoms with Gasteiger partial charge in [-0.15, -0.1) is 0 Å². The van der Waals surface area contributed by atoms with Gasteiger partial charge in [0.2, 0.25) is 15.9 Å². The number of amides is 1. The zero-order chi connectivity index (χ0) is 13.8. The summed E-state index contributed by atoms with van der Waals surface area (Å²) < 4.78 is 24.8. The quantitative estimate of drug-likeness (QED) is 0.718. The summed E-state index contributed by atoms with van der Waals surface area (Å²) in [5.74, 6) is -0.0145. The lowest BCUT2D eigenvalue weighted by Gasteiger charge is -2.31. The molecule has 1 fully saturated rings. The number of hydrogen-bond donors (Lipinski definition) is 2. The molecule has 1 aliphatic rings. The molecule has 0 radical (unpaired) electrons.